The molecule has 0 spiro atoms. The number of nitrogens with zero attached hydrogens (tertiary/aromatic N) is 1. The van der Waals surface area contributed by atoms with Crippen LogP contribution in [0.1, 0.15) is 33.6 Å². The molecule has 0 aromatic carbocycles. The molecule has 0 aromatic rings. The molecule has 0 atom stereocenters. The van der Waals surface area contributed by atoms with Crippen LogP contribution in [-0.2, 0) is 0 Å². The van der Waals surface area contributed by atoms with Crippen molar-refractivity contribution in [2.75, 3.05) is 13.1 Å². The highest BCUT2D eigenvalue weighted by atomic mass is 16.4. The van der Waals surface area contributed by atoms with Crippen LogP contribution in [-0.4, -0.2) is 40.4 Å². The zero-order chi connectivity index (χ0) is 11.0. The highest BCUT2D eigenvalue weighted by Crippen LogP contribution is 2.30. The van der Waals surface area contributed by atoms with E-state index in [2.05, 4.69) is 0 Å². The Hall–Kier alpha value is -0.610. The number of amides is 1. The molecule has 0 unspecified atom stereocenters. The number of quaternary nitrogens is 1. The van der Waals surface area contributed by atoms with Gasteiger partial charge in [-0.05, 0) is 20.8 Å². The number of carboxylic acid groups (broad SMARTS) is 1. The Balaban J connectivity index is 2.90. The van der Waals surface area contributed by atoms with E-state index in [4.69, 9.17) is 5.73 Å². The van der Waals surface area contributed by atoms with Crippen molar-refractivity contribution in [3.05, 3.63) is 0 Å². The average Bonchev–Trinajstić information content (AvgIpc) is 2.02. The number of rotatable bonds is 0. The topological polar surface area (TPSA) is 63.3 Å². The van der Waals surface area contributed by atoms with Crippen LogP contribution in [0, 0.1) is 0 Å². The lowest BCUT2D eigenvalue weighted by atomic mass is 9.94. The second-order valence-electron chi connectivity index (χ2n) is 5.21. The van der Waals surface area contributed by atoms with E-state index in [1.54, 1.807) is 0 Å². The third-order valence-corrected chi connectivity index (χ3v) is 3.41. The van der Waals surface area contributed by atoms with Crippen molar-refractivity contribution in [2.24, 2.45) is 5.73 Å². The normalized spacial score (nSPS) is 34.1. The van der Waals surface area contributed by atoms with Gasteiger partial charge in [-0.3, -0.25) is 0 Å². The van der Waals surface area contributed by atoms with Gasteiger partial charge >= 0.3 is 6.09 Å². The molecule has 14 heavy (non-hydrogen) atoms. The van der Waals surface area contributed by atoms with Crippen LogP contribution in [0.3, 0.4) is 0 Å². The van der Waals surface area contributed by atoms with E-state index >= 15 is 0 Å². The lowest BCUT2D eigenvalue weighted by molar-refractivity contribution is -0.908. The second-order valence-corrected chi connectivity index (χ2v) is 5.21. The van der Waals surface area contributed by atoms with Crippen LogP contribution < -0.4 is 5.73 Å². The van der Waals surface area contributed by atoms with Crippen LogP contribution in [0.2, 0.25) is 0 Å². The molecule has 1 fully saturated rings. The molecular formula is C10H21N2O2+. The molecule has 4 nitrogen and oxygen atoms in total. The first-order valence-electron chi connectivity index (χ1n) is 5.16. The van der Waals surface area contributed by atoms with Crippen LogP contribution in [0.5, 0.6) is 0 Å². The van der Waals surface area contributed by atoms with Gasteiger partial charge in [-0.2, -0.15) is 4.79 Å². The fourth-order valence-corrected chi connectivity index (χ4v) is 2.18. The Morgan fingerprint density at radius 1 is 1.36 bits per heavy atom. The highest BCUT2D eigenvalue weighted by Gasteiger charge is 2.49. The van der Waals surface area contributed by atoms with Crippen molar-refractivity contribution >= 4 is 6.09 Å². The van der Waals surface area contributed by atoms with Gasteiger partial charge in [0, 0.05) is 18.9 Å². The Morgan fingerprint density at radius 3 is 2.07 bits per heavy atom. The van der Waals surface area contributed by atoms with E-state index in [0.29, 0.717) is 13.1 Å². The Bertz CT molecular complexity index is 225. The second kappa shape index (κ2) is 3.51. The quantitative estimate of drug-likeness (QED) is 0.582. The van der Waals surface area contributed by atoms with Gasteiger partial charge in [0.25, 0.3) is 0 Å². The molecule has 1 amide bonds. The van der Waals surface area contributed by atoms with Crippen molar-refractivity contribution in [1.29, 1.82) is 0 Å². The largest absolute Gasteiger partial charge is 0.513 e. The summed E-state index contributed by atoms with van der Waals surface area (Å²) in [4.78, 5) is 11.4. The highest BCUT2D eigenvalue weighted by molar-refractivity contribution is 5.57. The Labute approximate surface area is 85.3 Å². The number of nitrogens with two attached hydrogens (primary N) is 1. The molecule has 3 N–H and O–H groups in total. The molecule has 1 aliphatic heterocycles. The van der Waals surface area contributed by atoms with Gasteiger partial charge < -0.3 is 10.8 Å². The standard InChI is InChI=1S/C10H20N2O2/c1-10(2,3)12(9(13)14)6-4-8(11)5-7-12/h8H,4-7,11H2,1-3H3/p+1. The summed E-state index contributed by atoms with van der Waals surface area (Å²) in [6.45, 7) is 7.26. The lowest BCUT2D eigenvalue weighted by Gasteiger charge is -2.46. The molecule has 4 heteroatoms. The fourth-order valence-electron chi connectivity index (χ4n) is 2.18. The number of carbonyl (C=O) groups is 1. The molecule has 0 aromatic heterocycles. The summed E-state index contributed by atoms with van der Waals surface area (Å²) < 4.78 is 0.153. The van der Waals surface area contributed by atoms with Gasteiger partial charge in [-0.15, -0.1) is 0 Å². The molecular weight excluding hydrogens is 180 g/mol. The number of piperidine rings is 1. The van der Waals surface area contributed by atoms with Gasteiger partial charge in [0.2, 0.25) is 0 Å². The van der Waals surface area contributed by atoms with Crippen molar-refractivity contribution in [3.8, 4) is 0 Å². The molecule has 1 saturated heterocycles. The molecule has 0 aliphatic carbocycles. The summed E-state index contributed by atoms with van der Waals surface area (Å²) in [6, 6.07) is 0.183. The first kappa shape index (κ1) is 11.5. The third-order valence-electron chi connectivity index (χ3n) is 3.41. The van der Waals surface area contributed by atoms with Crippen LogP contribution in [0.4, 0.5) is 4.79 Å². The summed E-state index contributed by atoms with van der Waals surface area (Å²) in [7, 11) is 0. The lowest BCUT2D eigenvalue weighted by Crippen LogP contribution is -2.67. The van der Waals surface area contributed by atoms with Gasteiger partial charge in [0.05, 0.1) is 13.1 Å². The summed E-state index contributed by atoms with van der Waals surface area (Å²) in [5.41, 5.74) is 5.55. The monoisotopic (exact) mass is 201 g/mol. The smallest absolute Gasteiger partial charge is 0.435 e. The van der Waals surface area contributed by atoms with E-state index in [9.17, 15) is 9.90 Å². The van der Waals surface area contributed by atoms with Gasteiger partial charge in [0.15, 0.2) is 0 Å². The molecule has 0 radical (unpaired) electrons. The average molecular weight is 201 g/mol. The summed E-state index contributed by atoms with van der Waals surface area (Å²) in [5.74, 6) is 0. The maximum atomic E-state index is 11.4. The zero-order valence-electron chi connectivity index (χ0n) is 9.29. The van der Waals surface area contributed by atoms with Gasteiger partial charge in [0.1, 0.15) is 5.54 Å². The van der Waals surface area contributed by atoms with E-state index in [1.165, 1.54) is 0 Å². The van der Waals surface area contributed by atoms with E-state index < -0.39 is 6.09 Å². The van der Waals surface area contributed by atoms with Gasteiger partial charge in [-0.25, -0.2) is 4.48 Å². The van der Waals surface area contributed by atoms with Crippen molar-refractivity contribution in [3.63, 3.8) is 0 Å². The third kappa shape index (κ3) is 1.77. The minimum atomic E-state index is -0.718. The van der Waals surface area contributed by atoms with Crippen LogP contribution in [0.15, 0.2) is 0 Å². The predicted octanol–water partition coefficient (Wildman–Crippen LogP) is 1.40. The summed E-state index contributed by atoms with van der Waals surface area (Å²) in [6.07, 6.45) is 0.900. The number of likely N-dealkylation sites (tertiary alicyclic amines) is 1. The summed E-state index contributed by atoms with van der Waals surface area (Å²) in [5, 5.41) is 9.34. The first-order valence-corrected chi connectivity index (χ1v) is 5.16. The Morgan fingerprint density at radius 2 is 1.79 bits per heavy atom. The van der Waals surface area contributed by atoms with Crippen molar-refractivity contribution in [2.45, 2.75) is 45.2 Å². The van der Waals surface area contributed by atoms with E-state index in [0.717, 1.165) is 12.8 Å². The first-order chi connectivity index (χ1) is 6.29. The molecule has 0 bridgehead atoms. The minimum Gasteiger partial charge on any atom is -0.435 e. The number of hydrogen-bond donors (Lipinski definition) is 2. The maximum absolute atomic E-state index is 11.4. The Kier molecular flexibility index (Phi) is 2.88. The molecule has 1 rings (SSSR count). The van der Waals surface area contributed by atoms with Crippen molar-refractivity contribution in [1.82, 2.24) is 0 Å². The van der Waals surface area contributed by atoms with Crippen LogP contribution >= 0.6 is 0 Å². The fraction of sp³-hybridized carbons (Fsp3) is 0.900. The summed E-state index contributed by atoms with van der Waals surface area (Å²) >= 11 is 0. The number of hydrogen-bond acceptors (Lipinski definition) is 2. The zero-order valence-corrected chi connectivity index (χ0v) is 9.29. The van der Waals surface area contributed by atoms with E-state index in [1.807, 2.05) is 20.8 Å². The predicted molar refractivity (Wildman–Crippen MR) is 55.0 cm³/mol. The SMILES string of the molecule is CC(C)(C)[N+]1(C(=O)O)CCC(N)CC1. The van der Waals surface area contributed by atoms with Gasteiger partial charge in [-0.1, -0.05) is 0 Å². The van der Waals surface area contributed by atoms with E-state index in [-0.39, 0.29) is 16.1 Å². The molecule has 1 heterocycles. The molecule has 82 valence electrons. The minimum absolute atomic E-state index is 0.153. The van der Waals surface area contributed by atoms with Crippen molar-refractivity contribution < 1.29 is 14.4 Å². The van der Waals surface area contributed by atoms with Crippen LogP contribution in [0.25, 0.3) is 0 Å². The maximum Gasteiger partial charge on any atom is 0.513 e. The molecule has 0 saturated carbocycles. The molecule has 1 aliphatic rings.